The van der Waals surface area contributed by atoms with Crippen LogP contribution in [-0.2, 0) is 11.2 Å². The first kappa shape index (κ1) is 17.0. The number of hydrogen-bond donors (Lipinski definition) is 1. The van der Waals surface area contributed by atoms with Crippen molar-refractivity contribution in [3.63, 3.8) is 0 Å². The lowest BCUT2D eigenvalue weighted by Crippen LogP contribution is -2.47. The molecule has 0 radical (unpaired) electrons. The summed E-state index contributed by atoms with van der Waals surface area (Å²) in [5.41, 5.74) is 2.71. The van der Waals surface area contributed by atoms with E-state index in [1.54, 1.807) is 11.1 Å². The molecule has 122 valence electrons. The van der Waals surface area contributed by atoms with Crippen molar-refractivity contribution in [1.29, 1.82) is 5.26 Å². The molecule has 5 heteroatoms. The van der Waals surface area contributed by atoms with Gasteiger partial charge >= 0.3 is 0 Å². The van der Waals surface area contributed by atoms with Crippen molar-refractivity contribution in [2.75, 3.05) is 39.8 Å². The average molecular weight is 312 g/mol. The van der Waals surface area contributed by atoms with Crippen LogP contribution in [0.4, 0.5) is 0 Å². The van der Waals surface area contributed by atoms with E-state index in [1.165, 1.54) is 11.1 Å². The van der Waals surface area contributed by atoms with Crippen LogP contribution in [-0.4, -0.2) is 55.5 Å². The van der Waals surface area contributed by atoms with Gasteiger partial charge in [-0.15, -0.1) is 0 Å². The molecule has 0 bridgehead atoms. The molecule has 5 nitrogen and oxygen atoms in total. The van der Waals surface area contributed by atoms with Gasteiger partial charge < -0.3 is 15.1 Å². The summed E-state index contributed by atoms with van der Waals surface area (Å²) in [6, 6.07) is 10.2. The van der Waals surface area contributed by atoms with E-state index >= 15 is 0 Å². The molecule has 1 N–H and O–H groups in total. The molecule has 0 saturated carbocycles. The summed E-state index contributed by atoms with van der Waals surface area (Å²) in [6.07, 6.45) is 2.42. The maximum absolute atomic E-state index is 12.3. The second-order valence-corrected chi connectivity index (χ2v) is 5.90. The Kier molecular flexibility index (Phi) is 6.19. The summed E-state index contributed by atoms with van der Waals surface area (Å²) in [4.78, 5) is 16.3. The molecule has 0 aromatic heterocycles. The number of hydrogen-bond acceptors (Lipinski definition) is 4. The topological polar surface area (TPSA) is 59.4 Å². The van der Waals surface area contributed by atoms with Crippen molar-refractivity contribution in [2.24, 2.45) is 0 Å². The second-order valence-electron chi connectivity index (χ2n) is 5.90. The molecule has 0 unspecified atom stereocenters. The Bertz CT molecular complexity index is 610. The van der Waals surface area contributed by atoms with E-state index in [2.05, 4.69) is 29.3 Å². The van der Waals surface area contributed by atoms with Crippen LogP contribution in [0, 0.1) is 18.3 Å². The van der Waals surface area contributed by atoms with Gasteiger partial charge in [0.25, 0.3) is 5.91 Å². The molecule has 1 aliphatic heterocycles. The number of nitriles is 1. The van der Waals surface area contributed by atoms with E-state index in [4.69, 9.17) is 0 Å². The predicted molar refractivity (Wildman–Crippen MR) is 90.7 cm³/mol. The molecule has 1 saturated heterocycles. The van der Waals surface area contributed by atoms with E-state index in [0.29, 0.717) is 19.6 Å². The van der Waals surface area contributed by atoms with Crippen molar-refractivity contribution in [2.45, 2.75) is 13.3 Å². The predicted octanol–water partition coefficient (Wildman–Crippen LogP) is 1.31. The van der Waals surface area contributed by atoms with Gasteiger partial charge in [0.15, 0.2) is 0 Å². The molecular weight excluding hydrogens is 288 g/mol. The molecule has 2 rings (SSSR count). The number of rotatable bonds is 5. The molecule has 1 fully saturated rings. The van der Waals surface area contributed by atoms with Gasteiger partial charge in [-0.05, 0) is 31.5 Å². The van der Waals surface area contributed by atoms with Crippen LogP contribution in [0.25, 0.3) is 0 Å². The van der Waals surface area contributed by atoms with Crippen LogP contribution >= 0.6 is 0 Å². The molecule has 1 aliphatic rings. The third kappa shape index (κ3) is 4.83. The highest BCUT2D eigenvalue weighted by atomic mass is 16.2. The molecule has 1 amide bonds. The van der Waals surface area contributed by atoms with Gasteiger partial charge in [0.2, 0.25) is 0 Å². The summed E-state index contributed by atoms with van der Waals surface area (Å²) in [6.45, 7) is 5.85. The minimum Gasteiger partial charge on any atom is -0.389 e. The van der Waals surface area contributed by atoms with Crippen molar-refractivity contribution >= 4 is 5.91 Å². The average Bonchev–Trinajstić information content (AvgIpc) is 2.56. The minimum absolute atomic E-state index is 0.177. The highest BCUT2D eigenvalue weighted by Gasteiger charge is 2.21. The van der Waals surface area contributed by atoms with Crippen LogP contribution in [0.3, 0.4) is 0 Å². The number of likely N-dealkylation sites (N-methyl/N-ethyl adjacent to an activating group) is 1. The number of piperazine rings is 1. The fraction of sp³-hybridized carbons (Fsp3) is 0.444. The van der Waals surface area contributed by atoms with E-state index in [1.807, 2.05) is 25.2 Å². The molecule has 1 aromatic rings. The van der Waals surface area contributed by atoms with Crippen LogP contribution in [0.5, 0.6) is 0 Å². The smallest absolute Gasteiger partial charge is 0.266 e. The molecule has 23 heavy (non-hydrogen) atoms. The van der Waals surface area contributed by atoms with Gasteiger partial charge in [0.1, 0.15) is 11.6 Å². The van der Waals surface area contributed by atoms with Crippen molar-refractivity contribution < 1.29 is 4.79 Å². The summed E-state index contributed by atoms with van der Waals surface area (Å²) in [7, 11) is 2.04. The first-order valence-electron chi connectivity index (χ1n) is 7.98. The maximum atomic E-state index is 12.3. The number of aryl methyl sites for hydroxylation is 1. The lowest BCUT2D eigenvalue weighted by molar-refractivity contribution is -0.128. The van der Waals surface area contributed by atoms with Crippen molar-refractivity contribution in [1.82, 2.24) is 15.1 Å². The minimum atomic E-state index is -0.177. The Balaban J connectivity index is 1.85. The Labute approximate surface area is 138 Å². The number of nitrogens with one attached hydrogen (secondary N) is 1. The highest BCUT2D eigenvalue weighted by Crippen LogP contribution is 2.07. The SMILES string of the molecule is Cc1ccccc1CCN/C=C(/C#N)C(=O)N1CCN(C)CC1. The van der Waals surface area contributed by atoms with Gasteiger partial charge in [-0.1, -0.05) is 24.3 Å². The zero-order valence-electron chi connectivity index (χ0n) is 13.9. The fourth-order valence-electron chi connectivity index (χ4n) is 2.59. The Morgan fingerprint density at radius 3 is 2.65 bits per heavy atom. The lowest BCUT2D eigenvalue weighted by atomic mass is 10.1. The number of carbonyl (C=O) groups excluding carboxylic acids is 1. The summed E-state index contributed by atoms with van der Waals surface area (Å²) < 4.78 is 0. The second kappa shape index (κ2) is 8.35. The number of carbonyl (C=O) groups is 1. The van der Waals surface area contributed by atoms with Gasteiger partial charge in [0.05, 0.1) is 0 Å². The van der Waals surface area contributed by atoms with Crippen LogP contribution in [0.15, 0.2) is 36.0 Å². The van der Waals surface area contributed by atoms with E-state index in [0.717, 1.165) is 19.5 Å². The third-order valence-corrected chi connectivity index (χ3v) is 4.19. The van der Waals surface area contributed by atoms with Crippen LogP contribution in [0.2, 0.25) is 0 Å². The molecule has 1 aromatic carbocycles. The van der Waals surface area contributed by atoms with Crippen molar-refractivity contribution in [3.8, 4) is 6.07 Å². The quantitative estimate of drug-likeness (QED) is 0.506. The summed E-state index contributed by atoms with van der Waals surface area (Å²) >= 11 is 0. The summed E-state index contributed by atoms with van der Waals surface area (Å²) in [5, 5.41) is 12.3. The Morgan fingerprint density at radius 2 is 2.00 bits per heavy atom. The Morgan fingerprint density at radius 1 is 1.30 bits per heavy atom. The van der Waals surface area contributed by atoms with Crippen molar-refractivity contribution in [3.05, 3.63) is 47.2 Å². The van der Waals surface area contributed by atoms with Gasteiger partial charge in [-0.2, -0.15) is 5.26 Å². The number of amides is 1. The first-order chi connectivity index (χ1) is 11.1. The van der Waals surface area contributed by atoms with E-state index in [9.17, 15) is 10.1 Å². The van der Waals surface area contributed by atoms with E-state index in [-0.39, 0.29) is 11.5 Å². The molecule has 0 aliphatic carbocycles. The first-order valence-corrected chi connectivity index (χ1v) is 7.98. The zero-order valence-corrected chi connectivity index (χ0v) is 13.9. The normalized spacial score (nSPS) is 16.0. The number of nitrogens with zero attached hydrogens (tertiary/aromatic N) is 3. The molecule has 0 atom stereocenters. The van der Waals surface area contributed by atoms with E-state index < -0.39 is 0 Å². The maximum Gasteiger partial charge on any atom is 0.266 e. The fourth-order valence-corrected chi connectivity index (χ4v) is 2.59. The van der Waals surface area contributed by atoms with Gasteiger partial charge in [-0.25, -0.2) is 0 Å². The lowest BCUT2D eigenvalue weighted by Gasteiger charge is -2.32. The van der Waals surface area contributed by atoms with Crippen LogP contribution in [0.1, 0.15) is 11.1 Å². The molecule has 1 heterocycles. The standard InChI is InChI=1S/C18H24N4O/c1-15-5-3-4-6-16(15)7-8-20-14-17(13-19)18(23)22-11-9-21(2)10-12-22/h3-6,14,20H,7-12H2,1-2H3/b17-14-. The van der Waals surface area contributed by atoms with Crippen LogP contribution < -0.4 is 5.32 Å². The number of benzene rings is 1. The molecular formula is C18H24N4O. The highest BCUT2D eigenvalue weighted by molar-refractivity contribution is 5.97. The zero-order chi connectivity index (χ0) is 16.7. The Hall–Kier alpha value is -2.32. The monoisotopic (exact) mass is 312 g/mol. The summed E-state index contributed by atoms with van der Waals surface area (Å²) in [5.74, 6) is -0.177. The molecule has 0 spiro atoms. The largest absolute Gasteiger partial charge is 0.389 e. The van der Waals surface area contributed by atoms with Gasteiger partial charge in [-0.3, -0.25) is 4.79 Å². The van der Waals surface area contributed by atoms with Gasteiger partial charge in [0, 0.05) is 38.9 Å². The third-order valence-electron chi connectivity index (χ3n) is 4.19.